The fourth-order valence-electron chi connectivity index (χ4n) is 1.68. The summed E-state index contributed by atoms with van der Waals surface area (Å²) in [5.41, 5.74) is 5.85. The van der Waals surface area contributed by atoms with E-state index < -0.39 is 6.04 Å². The average Bonchev–Trinajstić information content (AvgIpc) is 2.50. The predicted molar refractivity (Wildman–Crippen MR) is 74.5 cm³/mol. The third-order valence-electron chi connectivity index (χ3n) is 2.84. The Labute approximate surface area is 117 Å². The molecule has 110 valence electrons. The highest BCUT2D eigenvalue weighted by Gasteiger charge is 2.19. The standard InChI is InChI=1S/C13H19N3O4/c1-4-10(12(14)16-18)15-13(17)9-6-5-8(19-2)7-11(9)20-3/h5-7,10,18H,4H2,1-3H3,(H2,14,16)(H,15,17). The summed E-state index contributed by atoms with van der Waals surface area (Å²) in [5, 5.41) is 14.2. The number of carbonyl (C=O) groups excluding carboxylic acids is 1. The Morgan fingerprint density at radius 3 is 2.65 bits per heavy atom. The highest BCUT2D eigenvalue weighted by molar-refractivity contribution is 6.00. The minimum Gasteiger partial charge on any atom is -0.497 e. The van der Waals surface area contributed by atoms with Gasteiger partial charge in [0, 0.05) is 6.07 Å². The van der Waals surface area contributed by atoms with E-state index in [9.17, 15) is 4.79 Å². The van der Waals surface area contributed by atoms with E-state index >= 15 is 0 Å². The summed E-state index contributed by atoms with van der Waals surface area (Å²) in [4.78, 5) is 12.2. The molecular formula is C13H19N3O4. The summed E-state index contributed by atoms with van der Waals surface area (Å²) in [5.74, 6) is 0.550. The van der Waals surface area contributed by atoms with Gasteiger partial charge in [0.25, 0.3) is 5.91 Å². The quantitative estimate of drug-likeness (QED) is 0.311. The average molecular weight is 281 g/mol. The molecular weight excluding hydrogens is 262 g/mol. The molecule has 7 nitrogen and oxygen atoms in total. The molecule has 0 saturated heterocycles. The second-order valence-electron chi connectivity index (χ2n) is 4.03. The van der Waals surface area contributed by atoms with E-state index in [1.165, 1.54) is 14.2 Å². The molecule has 0 aromatic heterocycles. The maximum atomic E-state index is 12.2. The van der Waals surface area contributed by atoms with Gasteiger partial charge in [-0.25, -0.2) is 0 Å². The zero-order valence-corrected chi connectivity index (χ0v) is 11.7. The van der Waals surface area contributed by atoms with Crippen LogP contribution in [0.5, 0.6) is 11.5 Å². The first-order valence-corrected chi connectivity index (χ1v) is 6.07. The van der Waals surface area contributed by atoms with E-state index in [1.807, 2.05) is 6.92 Å². The molecule has 20 heavy (non-hydrogen) atoms. The van der Waals surface area contributed by atoms with Crippen LogP contribution in [0, 0.1) is 0 Å². The van der Waals surface area contributed by atoms with Gasteiger partial charge in [-0.2, -0.15) is 0 Å². The first-order valence-electron chi connectivity index (χ1n) is 6.07. The number of rotatable bonds is 6. The third kappa shape index (κ3) is 3.53. The van der Waals surface area contributed by atoms with Crippen LogP contribution in [0.4, 0.5) is 0 Å². The van der Waals surface area contributed by atoms with Gasteiger partial charge in [0.1, 0.15) is 11.5 Å². The second-order valence-corrected chi connectivity index (χ2v) is 4.03. The lowest BCUT2D eigenvalue weighted by molar-refractivity contribution is 0.0942. The normalized spacial score (nSPS) is 12.7. The van der Waals surface area contributed by atoms with Crippen LogP contribution < -0.4 is 20.5 Å². The maximum Gasteiger partial charge on any atom is 0.255 e. The molecule has 0 aliphatic heterocycles. The molecule has 0 fully saturated rings. The number of hydrogen-bond donors (Lipinski definition) is 3. The van der Waals surface area contributed by atoms with Crippen LogP contribution in [0.1, 0.15) is 23.7 Å². The van der Waals surface area contributed by atoms with Gasteiger partial charge in [-0.1, -0.05) is 12.1 Å². The Morgan fingerprint density at radius 1 is 1.45 bits per heavy atom. The van der Waals surface area contributed by atoms with Crippen LogP contribution >= 0.6 is 0 Å². The van der Waals surface area contributed by atoms with Gasteiger partial charge >= 0.3 is 0 Å². The maximum absolute atomic E-state index is 12.2. The smallest absolute Gasteiger partial charge is 0.255 e. The van der Waals surface area contributed by atoms with Crippen molar-refractivity contribution in [1.82, 2.24) is 5.32 Å². The monoisotopic (exact) mass is 281 g/mol. The summed E-state index contributed by atoms with van der Waals surface area (Å²) in [6.07, 6.45) is 0.500. The number of nitrogens with zero attached hydrogens (tertiary/aromatic N) is 1. The van der Waals surface area contributed by atoms with Crippen LogP contribution in [0.3, 0.4) is 0 Å². The highest BCUT2D eigenvalue weighted by atomic mass is 16.5. The Hall–Kier alpha value is -2.44. The number of ether oxygens (including phenoxy) is 2. The minimum absolute atomic E-state index is 0.0478. The molecule has 0 saturated carbocycles. The molecule has 0 aliphatic carbocycles. The fraction of sp³-hybridized carbons (Fsp3) is 0.385. The zero-order valence-electron chi connectivity index (χ0n) is 11.7. The summed E-state index contributed by atoms with van der Waals surface area (Å²) in [7, 11) is 2.99. The second kappa shape index (κ2) is 7.22. The molecule has 4 N–H and O–H groups in total. The molecule has 0 bridgehead atoms. The largest absolute Gasteiger partial charge is 0.497 e. The minimum atomic E-state index is -0.542. The van der Waals surface area contributed by atoms with E-state index in [0.717, 1.165) is 0 Å². The van der Waals surface area contributed by atoms with E-state index in [2.05, 4.69) is 10.5 Å². The Morgan fingerprint density at radius 2 is 2.15 bits per heavy atom. The Kier molecular flexibility index (Phi) is 5.64. The number of hydrogen-bond acceptors (Lipinski definition) is 5. The van der Waals surface area contributed by atoms with Crippen molar-refractivity contribution >= 4 is 11.7 Å². The number of nitrogens with one attached hydrogen (secondary N) is 1. The topological polar surface area (TPSA) is 106 Å². The van der Waals surface area contributed by atoms with E-state index in [0.29, 0.717) is 23.5 Å². The van der Waals surface area contributed by atoms with Gasteiger partial charge in [0.15, 0.2) is 5.84 Å². The molecule has 1 aromatic rings. The summed E-state index contributed by atoms with van der Waals surface area (Å²) in [6, 6.07) is 4.31. The van der Waals surface area contributed by atoms with Gasteiger partial charge in [0.05, 0.1) is 25.8 Å². The molecule has 1 amide bonds. The number of nitrogens with two attached hydrogens (primary N) is 1. The number of amides is 1. The Balaban J connectivity index is 2.97. The summed E-state index contributed by atoms with van der Waals surface area (Å²) < 4.78 is 10.2. The van der Waals surface area contributed by atoms with Crippen molar-refractivity contribution in [2.24, 2.45) is 10.9 Å². The lowest BCUT2D eigenvalue weighted by Crippen LogP contribution is -2.44. The zero-order chi connectivity index (χ0) is 15.1. The van der Waals surface area contributed by atoms with Crippen molar-refractivity contribution in [2.75, 3.05) is 14.2 Å². The van der Waals surface area contributed by atoms with Gasteiger partial charge in [0.2, 0.25) is 0 Å². The van der Waals surface area contributed by atoms with Gasteiger partial charge in [-0.05, 0) is 18.6 Å². The molecule has 0 heterocycles. The van der Waals surface area contributed by atoms with E-state index in [4.69, 9.17) is 20.4 Å². The van der Waals surface area contributed by atoms with Crippen molar-refractivity contribution in [3.05, 3.63) is 23.8 Å². The molecule has 7 heteroatoms. The molecule has 0 aliphatic rings. The van der Waals surface area contributed by atoms with Crippen molar-refractivity contribution < 1.29 is 19.5 Å². The lowest BCUT2D eigenvalue weighted by atomic mass is 10.1. The van der Waals surface area contributed by atoms with Crippen molar-refractivity contribution in [3.63, 3.8) is 0 Å². The van der Waals surface area contributed by atoms with E-state index in [1.54, 1.807) is 18.2 Å². The predicted octanol–water partition coefficient (Wildman–Crippen LogP) is 0.959. The van der Waals surface area contributed by atoms with Crippen LogP contribution in [-0.2, 0) is 0 Å². The van der Waals surface area contributed by atoms with E-state index in [-0.39, 0.29) is 11.7 Å². The third-order valence-corrected chi connectivity index (χ3v) is 2.84. The first kappa shape index (κ1) is 15.6. The van der Waals surface area contributed by atoms with Crippen molar-refractivity contribution in [3.8, 4) is 11.5 Å². The van der Waals surface area contributed by atoms with Crippen LogP contribution in [-0.4, -0.2) is 37.2 Å². The lowest BCUT2D eigenvalue weighted by Gasteiger charge is -2.16. The number of oxime groups is 1. The number of methoxy groups -OCH3 is 2. The molecule has 0 spiro atoms. The van der Waals surface area contributed by atoms with Gasteiger partial charge in [-0.15, -0.1) is 0 Å². The first-order chi connectivity index (χ1) is 9.57. The van der Waals surface area contributed by atoms with Crippen LogP contribution in [0.15, 0.2) is 23.4 Å². The molecule has 0 radical (unpaired) electrons. The highest BCUT2D eigenvalue weighted by Crippen LogP contribution is 2.24. The molecule has 1 aromatic carbocycles. The van der Waals surface area contributed by atoms with Gasteiger partial charge < -0.3 is 25.7 Å². The summed E-state index contributed by atoms with van der Waals surface area (Å²) >= 11 is 0. The molecule has 1 rings (SSSR count). The Bertz CT molecular complexity index is 502. The number of carbonyl (C=O) groups is 1. The van der Waals surface area contributed by atoms with Crippen molar-refractivity contribution in [1.29, 1.82) is 0 Å². The molecule has 1 unspecified atom stereocenters. The summed E-state index contributed by atoms with van der Waals surface area (Å²) in [6.45, 7) is 1.81. The fourth-order valence-corrected chi connectivity index (χ4v) is 1.68. The van der Waals surface area contributed by atoms with Crippen LogP contribution in [0.25, 0.3) is 0 Å². The number of benzene rings is 1. The molecule has 1 atom stereocenters. The van der Waals surface area contributed by atoms with Crippen molar-refractivity contribution in [2.45, 2.75) is 19.4 Å². The number of amidine groups is 1. The SMILES string of the molecule is CCC(NC(=O)c1ccc(OC)cc1OC)/C(N)=N/O. The van der Waals surface area contributed by atoms with Crippen LogP contribution in [0.2, 0.25) is 0 Å². The van der Waals surface area contributed by atoms with Gasteiger partial charge in [-0.3, -0.25) is 4.79 Å².